The van der Waals surface area contributed by atoms with Gasteiger partial charge in [0.1, 0.15) is 5.60 Å². The number of carbonyl (C=O) groups excluding carboxylic acids is 2. The Labute approximate surface area is 143 Å². The number of amides is 1. The maximum Gasteiger partial charge on any atom is 0.410 e. The van der Waals surface area contributed by atoms with Gasteiger partial charge in [-0.05, 0) is 53.0 Å². The molecular weight excluding hydrogens is 312 g/mol. The first kappa shape index (κ1) is 19.0. The third-order valence-electron chi connectivity index (χ3n) is 4.70. The van der Waals surface area contributed by atoms with Crippen LogP contribution < -0.4 is 0 Å². The van der Waals surface area contributed by atoms with E-state index in [0.29, 0.717) is 26.1 Å². The van der Waals surface area contributed by atoms with Gasteiger partial charge in [-0.1, -0.05) is 0 Å². The summed E-state index contributed by atoms with van der Waals surface area (Å²) in [5.41, 5.74) is -1.90. The van der Waals surface area contributed by atoms with Crippen molar-refractivity contribution in [3.63, 3.8) is 0 Å². The van der Waals surface area contributed by atoms with E-state index in [2.05, 4.69) is 4.90 Å². The lowest BCUT2D eigenvalue weighted by atomic mass is 9.90. The minimum atomic E-state index is -1.41. The summed E-state index contributed by atoms with van der Waals surface area (Å²) in [5.74, 6) is -0.557. The third kappa shape index (κ3) is 4.60. The molecule has 7 heteroatoms. The maximum atomic E-state index is 12.1. The van der Waals surface area contributed by atoms with E-state index in [0.717, 1.165) is 25.8 Å². The number of aliphatic hydroxyl groups is 1. The molecule has 0 bridgehead atoms. The Morgan fingerprint density at radius 2 is 1.79 bits per heavy atom. The summed E-state index contributed by atoms with van der Waals surface area (Å²) in [6.07, 6.45) is 2.56. The van der Waals surface area contributed by atoms with Crippen molar-refractivity contribution in [3.8, 4) is 0 Å². The van der Waals surface area contributed by atoms with Crippen LogP contribution in [0.4, 0.5) is 4.79 Å². The zero-order chi connectivity index (χ0) is 18.0. The molecule has 1 unspecified atom stereocenters. The number of hydrogen-bond acceptors (Lipinski definition) is 6. The number of hydrogen-bond donors (Lipinski definition) is 1. The molecule has 24 heavy (non-hydrogen) atoms. The molecule has 138 valence electrons. The number of ether oxygens (including phenoxy) is 2. The highest BCUT2D eigenvalue weighted by atomic mass is 16.6. The summed E-state index contributed by atoms with van der Waals surface area (Å²) in [4.78, 5) is 27.8. The minimum absolute atomic E-state index is 0.264. The predicted octanol–water partition coefficient (Wildman–Crippen LogP) is 1.39. The van der Waals surface area contributed by atoms with Crippen molar-refractivity contribution in [2.45, 2.75) is 63.7 Å². The van der Waals surface area contributed by atoms with Crippen LogP contribution in [0, 0.1) is 0 Å². The van der Waals surface area contributed by atoms with E-state index >= 15 is 0 Å². The van der Waals surface area contributed by atoms with Crippen molar-refractivity contribution in [1.82, 2.24) is 9.80 Å². The van der Waals surface area contributed by atoms with Crippen molar-refractivity contribution in [2.24, 2.45) is 0 Å². The first-order valence-electron chi connectivity index (χ1n) is 8.67. The van der Waals surface area contributed by atoms with Crippen LogP contribution >= 0.6 is 0 Å². The Hall–Kier alpha value is -1.34. The van der Waals surface area contributed by atoms with E-state index in [-0.39, 0.29) is 12.1 Å². The molecule has 7 nitrogen and oxygen atoms in total. The number of methoxy groups -OCH3 is 1. The highest BCUT2D eigenvalue weighted by molar-refractivity contribution is 5.79. The van der Waals surface area contributed by atoms with E-state index in [9.17, 15) is 14.7 Å². The average Bonchev–Trinajstić information content (AvgIpc) is 2.52. The lowest BCUT2D eigenvalue weighted by molar-refractivity contribution is -0.169. The van der Waals surface area contributed by atoms with Gasteiger partial charge in [-0.15, -0.1) is 0 Å². The van der Waals surface area contributed by atoms with Gasteiger partial charge in [0, 0.05) is 25.7 Å². The van der Waals surface area contributed by atoms with Crippen molar-refractivity contribution in [2.75, 3.05) is 33.3 Å². The van der Waals surface area contributed by atoms with Gasteiger partial charge in [-0.25, -0.2) is 9.59 Å². The molecule has 1 amide bonds. The Kier molecular flexibility index (Phi) is 5.75. The van der Waals surface area contributed by atoms with Crippen molar-refractivity contribution < 1.29 is 24.2 Å². The van der Waals surface area contributed by atoms with Crippen molar-refractivity contribution >= 4 is 12.1 Å². The van der Waals surface area contributed by atoms with Gasteiger partial charge in [0.15, 0.2) is 5.60 Å². The molecule has 2 aliphatic heterocycles. The molecule has 0 radical (unpaired) electrons. The Morgan fingerprint density at radius 1 is 1.17 bits per heavy atom. The van der Waals surface area contributed by atoms with Gasteiger partial charge in [-0.3, -0.25) is 4.90 Å². The number of piperidine rings is 2. The van der Waals surface area contributed by atoms with Gasteiger partial charge in [0.2, 0.25) is 0 Å². The van der Waals surface area contributed by atoms with Gasteiger partial charge >= 0.3 is 12.1 Å². The molecule has 2 heterocycles. The van der Waals surface area contributed by atoms with E-state index in [1.54, 1.807) is 4.90 Å². The lowest BCUT2D eigenvalue weighted by Gasteiger charge is -2.44. The van der Waals surface area contributed by atoms with Gasteiger partial charge in [0.05, 0.1) is 7.11 Å². The second-order valence-corrected chi connectivity index (χ2v) is 7.80. The van der Waals surface area contributed by atoms with Crippen LogP contribution in [0.5, 0.6) is 0 Å². The molecule has 2 fully saturated rings. The average molecular weight is 342 g/mol. The lowest BCUT2D eigenvalue weighted by Crippen LogP contribution is -2.58. The molecule has 0 spiro atoms. The molecule has 2 aliphatic rings. The molecule has 1 atom stereocenters. The molecule has 0 aromatic rings. The van der Waals surface area contributed by atoms with Crippen LogP contribution in [0.25, 0.3) is 0 Å². The molecule has 2 saturated heterocycles. The molecule has 0 saturated carbocycles. The van der Waals surface area contributed by atoms with E-state index < -0.39 is 17.2 Å². The fourth-order valence-electron chi connectivity index (χ4n) is 3.48. The molecule has 0 aromatic carbocycles. The zero-order valence-corrected chi connectivity index (χ0v) is 15.2. The number of likely N-dealkylation sites (tertiary alicyclic amines) is 2. The maximum absolute atomic E-state index is 12.1. The fourth-order valence-corrected chi connectivity index (χ4v) is 3.48. The van der Waals surface area contributed by atoms with Crippen LogP contribution in [0.1, 0.15) is 46.5 Å². The first-order valence-corrected chi connectivity index (χ1v) is 8.67. The van der Waals surface area contributed by atoms with Gasteiger partial charge < -0.3 is 19.5 Å². The molecule has 2 rings (SSSR count). The first-order chi connectivity index (χ1) is 11.1. The Morgan fingerprint density at radius 3 is 2.33 bits per heavy atom. The summed E-state index contributed by atoms with van der Waals surface area (Å²) >= 11 is 0. The monoisotopic (exact) mass is 342 g/mol. The number of nitrogens with zero attached hydrogens (tertiary/aromatic N) is 2. The van der Waals surface area contributed by atoms with Gasteiger partial charge in [-0.2, -0.15) is 0 Å². The minimum Gasteiger partial charge on any atom is -0.467 e. The molecule has 0 aromatic heterocycles. The summed E-state index contributed by atoms with van der Waals surface area (Å²) in [6.45, 7) is 8.00. The number of rotatable bonds is 2. The topological polar surface area (TPSA) is 79.3 Å². The molecule has 0 aliphatic carbocycles. The fraction of sp³-hybridized carbons (Fsp3) is 0.882. The normalized spacial score (nSPS) is 27.0. The number of esters is 1. The Balaban J connectivity index is 1.88. The van der Waals surface area contributed by atoms with Crippen molar-refractivity contribution in [3.05, 3.63) is 0 Å². The summed E-state index contributed by atoms with van der Waals surface area (Å²) in [6, 6.07) is 0.264. The van der Waals surface area contributed by atoms with Crippen LogP contribution in [-0.2, 0) is 14.3 Å². The summed E-state index contributed by atoms with van der Waals surface area (Å²) in [7, 11) is 1.30. The smallest absolute Gasteiger partial charge is 0.410 e. The van der Waals surface area contributed by atoms with E-state index in [1.165, 1.54) is 7.11 Å². The second kappa shape index (κ2) is 7.27. The predicted molar refractivity (Wildman–Crippen MR) is 88.6 cm³/mol. The standard InChI is InChI=1S/C17H30N2O5/c1-16(2,3)24-15(21)18-10-6-13(7-11-18)19-9-5-8-17(22,12-19)14(20)23-4/h13,22H,5-12H2,1-4H3. The SMILES string of the molecule is COC(=O)C1(O)CCCN(C2CCN(C(=O)OC(C)(C)C)CC2)C1. The van der Waals surface area contributed by atoms with E-state index in [1.807, 2.05) is 20.8 Å². The highest BCUT2D eigenvalue weighted by Gasteiger charge is 2.43. The largest absolute Gasteiger partial charge is 0.467 e. The third-order valence-corrected chi connectivity index (χ3v) is 4.70. The van der Waals surface area contributed by atoms with Crippen LogP contribution in [0.15, 0.2) is 0 Å². The quantitative estimate of drug-likeness (QED) is 0.764. The van der Waals surface area contributed by atoms with Gasteiger partial charge in [0.25, 0.3) is 0 Å². The Bertz CT molecular complexity index is 468. The summed E-state index contributed by atoms with van der Waals surface area (Å²) in [5, 5.41) is 10.5. The molecule has 1 N–H and O–H groups in total. The number of β-amino-alcohol motifs (C(OH)–C–C–N with tert-alkyl or cyclic N) is 1. The zero-order valence-electron chi connectivity index (χ0n) is 15.2. The van der Waals surface area contributed by atoms with Crippen LogP contribution in [-0.4, -0.2) is 77.5 Å². The van der Waals surface area contributed by atoms with Crippen LogP contribution in [0.3, 0.4) is 0 Å². The van der Waals surface area contributed by atoms with Crippen LogP contribution in [0.2, 0.25) is 0 Å². The number of carbonyl (C=O) groups is 2. The summed E-state index contributed by atoms with van der Waals surface area (Å²) < 4.78 is 10.1. The van der Waals surface area contributed by atoms with Crippen molar-refractivity contribution in [1.29, 1.82) is 0 Å². The molecular formula is C17H30N2O5. The highest BCUT2D eigenvalue weighted by Crippen LogP contribution is 2.27. The van der Waals surface area contributed by atoms with E-state index in [4.69, 9.17) is 9.47 Å². The second-order valence-electron chi connectivity index (χ2n) is 7.80.